The molecule has 0 saturated carbocycles. The van der Waals surface area contributed by atoms with E-state index in [1.54, 1.807) is 34.9 Å². The summed E-state index contributed by atoms with van der Waals surface area (Å²) in [6.45, 7) is 14.9. The number of carbonyl (C=O) groups is 2. The lowest BCUT2D eigenvalue weighted by Gasteiger charge is -2.35. The molecule has 2 aromatic carbocycles. The molecule has 10 nitrogen and oxygen atoms in total. The van der Waals surface area contributed by atoms with Crippen LogP contribution in [0.1, 0.15) is 36.7 Å². The van der Waals surface area contributed by atoms with Crippen LogP contribution in [-0.2, 0) is 14.8 Å². The van der Waals surface area contributed by atoms with Crippen molar-refractivity contribution in [3.05, 3.63) is 47.5 Å². The van der Waals surface area contributed by atoms with Gasteiger partial charge in [0.15, 0.2) is 0 Å². The first-order chi connectivity index (χ1) is 19.0. The molecule has 1 N–H and O–H groups in total. The third-order valence-corrected chi connectivity index (χ3v) is 9.79. The minimum Gasteiger partial charge on any atom is -0.495 e. The van der Waals surface area contributed by atoms with Crippen molar-refractivity contribution in [2.45, 2.75) is 57.8 Å². The van der Waals surface area contributed by atoms with Crippen LogP contribution < -0.4 is 14.8 Å². The number of benzene rings is 2. The Kier molecular flexibility index (Phi) is 8.20. The molecule has 41 heavy (non-hydrogen) atoms. The van der Waals surface area contributed by atoms with E-state index in [9.17, 15) is 18.0 Å². The van der Waals surface area contributed by atoms with Crippen molar-refractivity contribution in [2.24, 2.45) is 0 Å². The number of nitrogens with one attached hydrogen (secondary N) is 1. The number of furan rings is 1. The molecular weight excluding hydrogens is 562 g/mol. The van der Waals surface area contributed by atoms with Crippen molar-refractivity contribution in [2.75, 3.05) is 38.0 Å². The highest BCUT2D eigenvalue weighted by atomic mass is 32.2. The second-order valence-corrected chi connectivity index (χ2v) is 19.0. The number of rotatable bonds is 6. The van der Waals surface area contributed by atoms with Crippen LogP contribution in [0, 0.1) is 6.92 Å². The summed E-state index contributed by atoms with van der Waals surface area (Å²) in [4.78, 5) is 29.6. The molecule has 1 aliphatic rings. The molecule has 1 saturated heterocycles. The van der Waals surface area contributed by atoms with E-state index in [1.165, 1.54) is 19.2 Å². The standard InChI is InChI=1S/C29H39N3O7SSi/c1-19-9-10-23(37-5)24(15-19)40(35,36)30-21-16-20-17-25(41(6,7)8)38-26(20)22(18-21)27(33)31-11-13-32(14-12-31)28(34)39-29(2,3)4/h9-10,15-18,30H,11-14H2,1-8H3. The first-order valence-corrected chi connectivity index (χ1v) is 18.5. The molecule has 3 aromatic rings. The Morgan fingerprint density at radius 1 is 0.976 bits per heavy atom. The summed E-state index contributed by atoms with van der Waals surface area (Å²) in [7, 11) is -4.53. The highest BCUT2D eigenvalue weighted by molar-refractivity contribution is 7.92. The number of carbonyl (C=O) groups excluding carboxylic acids is 2. The van der Waals surface area contributed by atoms with Crippen molar-refractivity contribution in [1.29, 1.82) is 0 Å². The summed E-state index contributed by atoms with van der Waals surface area (Å²) >= 11 is 0. The van der Waals surface area contributed by atoms with Crippen LogP contribution in [0.15, 0.2) is 45.7 Å². The van der Waals surface area contributed by atoms with Crippen LogP contribution in [0.5, 0.6) is 5.75 Å². The van der Waals surface area contributed by atoms with Crippen LogP contribution >= 0.6 is 0 Å². The highest BCUT2D eigenvalue weighted by Gasteiger charge is 2.31. The molecule has 0 spiro atoms. The molecule has 12 heteroatoms. The number of sulfonamides is 1. The fourth-order valence-corrected chi connectivity index (χ4v) is 6.83. The largest absolute Gasteiger partial charge is 0.495 e. The van der Waals surface area contributed by atoms with E-state index >= 15 is 0 Å². The zero-order valence-corrected chi connectivity index (χ0v) is 26.8. The maximum absolute atomic E-state index is 13.9. The molecule has 1 fully saturated rings. The number of piperazine rings is 1. The minimum absolute atomic E-state index is 0.00113. The smallest absolute Gasteiger partial charge is 0.410 e. The number of amides is 2. The van der Waals surface area contributed by atoms with Gasteiger partial charge in [-0.25, -0.2) is 13.2 Å². The SMILES string of the molecule is COc1ccc(C)cc1S(=O)(=O)Nc1cc(C(=O)N2CCN(C(=O)OC(C)(C)C)CC2)c2oc([Si](C)(C)C)cc2c1. The van der Waals surface area contributed by atoms with Crippen molar-refractivity contribution in [3.8, 4) is 5.75 Å². The monoisotopic (exact) mass is 601 g/mol. The summed E-state index contributed by atoms with van der Waals surface area (Å²) in [5.74, 6) is -0.0860. The summed E-state index contributed by atoms with van der Waals surface area (Å²) in [5, 5.41) is 1.44. The van der Waals surface area contributed by atoms with E-state index in [1.807, 2.05) is 26.8 Å². The van der Waals surface area contributed by atoms with Gasteiger partial charge in [-0.3, -0.25) is 9.52 Å². The average molecular weight is 602 g/mol. The molecule has 0 aliphatic carbocycles. The first-order valence-electron chi connectivity index (χ1n) is 13.5. The summed E-state index contributed by atoms with van der Waals surface area (Å²) in [6.07, 6.45) is -0.416. The Morgan fingerprint density at radius 3 is 2.20 bits per heavy atom. The zero-order valence-electron chi connectivity index (χ0n) is 25.0. The van der Waals surface area contributed by atoms with E-state index in [2.05, 4.69) is 24.4 Å². The normalized spacial score (nSPS) is 14.7. The van der Waals surface area contributed by atoms with Gasteiger partial charge in [-0.2, -0.15) is 0 Å². The van der Waals surface area contributed by atoms with Crippen molar-refractivity contribution in [1.82, 2.24) is 9.80 Å². The fourth-order valence-electron chi connectivity index (χ4n) is 4.53. The molecule has 222 valence electrons. The molecule has 0 atom stereocenters. The van der Waals surface area contributed by atoms with Gasteiger partial charge in [0.05, 0.1) is 23.7 Å². The van der Waals surface area contributed by atoms with Gasteiger partial charge in [0.25, 0.3) is 15.9 Å². The number of fused-ring (bicyclic) bond motifs is 1. The molecule has 0 bridgehead atoms. The summed E-state index contributed by atoms with van der Waals surface area (Å²) in [5.41, 5.74) is 1.06. The fraction of sp³-hybridized carbons (Fsp3) is 0.448. The van der Waals surface area contributed by atoms with Gasteiger partial charge >= 0.3 is 6.09 Å². The lowest BCUT2D eigenvalue weighted by atomic mass is 10.1. The lowest BCUT2D eigenvalue weighted by Crippen LogP contribution is -2.51. The average Bonchev–Trinajstić information content (AvgIpc) is 3.31. The molecule has 0 unspecified atom stereocenters. The topological polar surface area (TPSA) is 118 Å². The van der Waals surface area contributed by atoms with Gasteiger partial charge in [0.2, 0.25) is 0 Å². The van der Waals surface area contributed by atoms with Crippen molar-refractivity contribution < 1.29 is 31.9 Å². The van der Waals surface area contributed by atoms with Crippen LogP contribution in [0.2, 0.25) is 19.6 Å². The number of hydrogen-bond donors (Lipinski definition) is 1. The highest BCUT2D eigenvalue weighted by Crippen LogP contribution is 2.31. The molecule has 1 aromatic heterocycles. The Labute approximate surface area is 242 Å². The Balaban J connectivity index is 1.68. The Morgan fingerprint density at radius 2 is 1.61 bits per heavy atom. The molecular formula is C29H39N3O7SSi. The molecule has 1 aliphatic heterocycles. The van der Waals surface area contributed by atoms with E-state index in [0.29, 0.717) is 37.1 Å². The number of ether oxygens (including phenoxy) is 2. The summed E-state index contributed by atoms with van der Waals surface area (Å²) < 4.78 is 46.6. The second kappa shape index (κ2) is 11.0. The maximum atomic E-state index is 13.9. The number of anilines is 1. The van der Waals surface area contributed by atoms with E-state index in [0.717, 1.165) is 10.9 Å². The van der Waals surface area contributed by atoms with Crippen LogP contribution in [-0.4, -0.2) is 77.2 Å². The van der Waals surface area contributed by atoms with E-state index < -0.39 is 29.8 Å². The second-order valence-electron chi connectivity index (χ2n) is 12.3. The van der Waals surface area contributed by atoms with Crippen LogP contribution in [0.4, 0.5) is 10.5 Å². The number of nitrogens with zero attached hydrogens (tertiary/aromatic N) is 2. The lowest BCUT2D eigenvalue weighted by molar-refractivity contribution is 0.0141. The number of hydrogen-bond acceptors (Lipinski definition) is 7. The minimum atomic E-state index is -4.05. The maximum Gasteiger partial charge on any atom is 0.410 e. The van der Waals surface area contributed by atoms with Gasteiger partial charge in [-0.05, 0) is 63.6 Å². The van der Waals surface area contributed by atoms with Crippen molar-refractivity contribution >= 4 is 52.1 Å². The van der Waals surface area contributed by atoms with Gasteiger partial charge in [-0.1, -0.05) is 25.7 Å². The quantitative estimate of drug-likeness (QED) is 0.404. The van der Waals surface area contributed by atoms with Crippen LogP contribution in [0.3, 0.4) is 0 Å². The summed E-state index contributed by atoms with van der Waals surface area (Å²) in [6, 6.07) is 10.0. The number of methoxy groups -OCH3 is 1. The van der Waals surface area contributed by atoms with Crippen molar-refractivity contribution in [3.63, 3.8) is 0 Å². The Hall–Kier alpha value is -3.51. The third kappa shape index (κ3) is 6.87. The van der Waals surface area contributed by atoms with Gasteiger partial charge < -0.3 is 23.7 Å². The van der Waals surface area contributed by atoms with E-state index in [4.69, 9.17) is 13.9 Å². The molecule has 0 radical (unpaired) electrons. The molecule has 2 amide bonds. The van der Waals surface area contributed by atoms with E-state index in [-0.39, 0.29) is 27.8 Å². The zero-order chi connectivity index (χ0) is 30.3. The van der Waals surface area contributed by atoms with Gasteiger partial charge in [0.1, 0.15) is 29.9 Å². The van der Waals surface area contributed by atoms with Crippen LogP contribution in [0.25, 0.3) is 11.0 Å². The molecule has 2 heterocycles. The first kappa shape index (κ1) is 30.4. The Bertz CT molecular complexity index is 1580. The third-order valence-electron chi connectivity index (χ3n) is 6.67. The van der Waals surface area contributed by atoms with Gasteiger partial charge in [0, 0.05) is 31.6 Å². The predicted molar refractivity (Wildman–Crippen MR) is 161 cm³/mol. The predicted octanol–water partition coefficient (Wildman–Crippen LogP) is 4.79. The number of aryl methyl sites for hydroxylation is 1. The molecule has 4 rings (SSSR count). The van der Waals surface area contributed by atoms with Gasteiger partial charge in [-0.15, -0.1) is 0 Å².